The number of nitrogens with one attached hydrogen (secondary N) is 1. The molecule has 0 atom stereocenters. The van der Waals surface area contributed by atoms with E-state index < -0.39 is 24.0 Å². The molecule has 0 saturated carbocycles. The molecule has 0 aliphatic heterocycles. The zero-order chi connectivity index (χ0) is 15.9. The molecular weight excluding hydrogens is 281 g/mol. The summed E-state index contributed by atoms with van der Waals surface area (Å²) in [4.78, 5) is 26.2. The van der Waals surface area contributed by atoms with E-state index in [4.69, 9.17) is 15.1 Å². The van der Waals surface area contributed by atoms with Gasteiger partial charge in [-0.05, 0) is 31.3 Å². The molecular formula is C14H20FNO5. The topological polar surface area (TPSA) is 95.9 Å². The van der Waals surface area contributed by atoms with Gasteiger partial charge in [0.25, 0.3) is 0 Å². The Kier molecular flexibility index (Phi) is 6.36. The van der Waals surface area contributed by atoms with Crippen LogP contribution in [0.3, 0.4) is 0 Å². The van der Waals surface area contributed by atoms with E-state index >= 15 is 0 Å². The van der Waals surface area contributed by atoms with Crippen LogP contribution in [-0.4, -0.2) is 34.9 Å². The average Bonchev–Trinajstić information content (AvgIpc) is 2.85. The number of carboxylic acids is 2. The summed E-state index contributed by atoms with van der Waals surface area (Å²) >= 11 is 0. The highest BCUT2D eigenvalue weighted by Gasteiger charge is 2.46. The van der Waals surface area contributed by atoms with Crippen LogP contribution in [0.1, 0.15) is 38.5 Å². The number of hydroxylamine groups is 1. The smallest absolute Gasteiger partial charge is 0.353 e. The van der Waals surface area contributed by atoms with Crippen molar-refractivity contribution >= 4 is 11.9 Å². The molecule has 6 nitrogen and oxygen atoms in total. The molecule has 1 rings (SSSR count). The Morgan fingerprint density at radius 2 is 1.95 bits per heavy atom. The summed E-state index contributed by atoms with van der Waals surface area (Å²) in [6.07, 6.45) is 6.59. The number of carbonyl (C=O) groups is 2. The van der Waals surface area contributed by atoms with Gasteiger partial charge in [-0.15, -0.1) is 0 Å². The molecule has 0 heterocycles. The number of hydrogen-bond acceptors (Lipinski definition) is 4. The van der Waals surface area contributed by atoms with Crippen molar-refractivity contribution in [3.05, 3.63) is 23.4 Å². The van der Waals surface area contributed by atoms with Crippen molar-refractivity contribution in [3.8, 4) is 0 Å². The third kappa shape index (κ3) is 4.56. The predicted octanol–water partition coefficient (Wildman–Crippen LogP) is 2.18. The van der Waals surface area contributed by atoms with Crippen LogP contribution in [-0.2, 0) is 14.4 Å². The molecule has 0 aromatic heterocycles. The highest BCUT2D eigenvalue weighted by atomic mass is 19.1. The van der Waals surface area contributed by atoms with Gasteiger partial charge in [0.1, 0.15) is 0 Å². The highest BCUT2D eigenvalue weighted by molar-refractivity contribution is 6.01. The summed E-state index contributed by atoms with van der Waals surface area (Å²) in [5.41, 5.74) is 1.59. The molecule has 1 aliphatic carbocycles. The number of halogens is 1. The maximum atomic E-state index is 13.7. The van der Waals surface area contributed by atoms with E-state index in [1.165, 1.54) is 7.11 Å². The van der Waals surface area contributed by atoms with Crippen LogP contribution in [0.2, 0.25) is 0 Å². The van der Waals surface area contributed by atoms with Gasteiger partial charge in [0, 0.05) is 6.42 Å². The molecule has 118 valence electrons. The summed E-state index contributed by atoms with van der Waals surface area (Å²) < 4.78 is 13.7. The van der Waals surface area contributed by atoms with Gasteiger partial charge in [-0.3, -0.25) is 10.3 Å². The predicted molar refractivity (Wildman–Crippen MR) is 73.1 cm³/mol. The lowest BCUT2D eigenvalue weighted by Gasteiger charge is -2.15. The van der Waals surface area contributed by atoms with Crippen LogP contribution in [0.4, 0.5) is 4.39 Å². The SMILES string of the molecule is CONC1=CCC=C1CCCCCC(F)(C(=O)O)C(=O)O. The second-order valence-corrected chi connectivity index (χ2v) is 4.86. The lowest BCUT2D eigenvalue weighted by molar-refractivity contribution is -0.167. The molecule has 0 aromatic rings. The minimum absolute atomic E-state index is 0.207. The van der Waals surface area contributed by atoms with Gasteiger partial charge in [-0.1, -0.05) is 18.6 Å². The lowest BCUT2D eigenvalue weighted by Crippen LogP contribution is -2.42. The summed E-state index contributed by atoms with van der Waals surface area (Å²) in [7, 11) is 1.52. The minimum atomic E-state index is -3.19. The molecule has 0 unspecified atom stereocenters. The normalized spacial score (nSPS) is 14.6. The van der Waals surface area contributed by atoms with E-state index in [2.05, 4.69) is 11.6 Å². The molecule has 3 N–H and O–H groups in total. The first kappa shape index (κ1) is 17.2. The van der Waals surface area contributed by atoms with E-state index in [1.54, 1.807) is 0 Å². The summed E-state index contributed by atoms with van der Waals surface area (Å²) in [6, 6.07) is 0. The molecule has 1 aliphatic rings. The Bertz CT molecular complexity index is 444. The van der Waals surface area contributed by atoms with Crippen LogP contribution in [0.25, 0.3) is 0 Å². The van der Waals surface area contributed by atoms with Gasteiger partial charge in [0.2, 0.25) is 0 Å². The first-order valence-electron chi connectivity index (χ1n) is 6.76. The molecule has 0 bridgehead atoms. The fourth-order valence-electron chi connectivity index (χ4n) is 2.18. The van der Waals surface area contributed by atoms with Crippen LogP contribution < -0.4 is 5.48 Å². The van der Waals surface area contributed by atoms with Crippen molar-refractivity contribution in [2.24, 2.45) is 0 Å². The first-order chi connectivity index (χ1) is 9.91. The Balaban J connectivity index is 2.31. The maximum Gasteiger partial charge on any atom is 0.353 e. The molecule has 21 heavy (non-hydrogen) atoms. The van der Waals surface area contributed by atoms with Gasteiger partial charge >= 0.3 is 17.6 Å². The number of aliphatic carboxylic acids is 2. The molecule has 7 heteroatoms. The van der Waals surface area contributed by atoms with E-state index in [0.717, 1.165) is 30.5 Å². The second-order valence-electron chi connectivity index (χ2n) is 4.86. The standard InChI is InChI=1S/C14H20FNO5/c1-21-16-11-8-5-7-10(11)6-3-2-4-9-14(15,12(17)18)13(19)20/h7-8,16H,2-6,9H2,1H3,(H,17,18)(H,19,20). The number of hydrogen-bond donors (Lipinski definition) is 3. The number of rotatable bonds is 10. The minimum Gasteiger partial charge on any atom is -0.478 e. The van der Waals surface area contributed by atoms with Crippen molar-refractivity contribution in [3.63, 3.8) is 0 Å². The average molecular weight is 301 g/mol. The van der Waals surface area contributed by atoms with Crippen molar-refractivity contribution in [1.82, 2.24) is 5.48 Å². The Labute approximate surface area is 122 Å². The van der Waals surface area contributed by atoms with Crippen molar-refractivity contribution in [2.45, 2.75) is 44.2 Å². The monoisotopic (exact) mass is 301 g/mol. The van der Waals surface area contributed by atoms with Crippen molar-refractivity contribution in [2.75, 3.05) is 7.11 Å². The zero-order valence-electron chi connectivity index (χ0n) is 11.9. The van der Waals surface area contributed by atoms with Gasteiger partial charge in [0.05, 0.1) is 12.8 Å². The zero-order valence-corrected chi connectivity index (χ0v) is 11.9. The highest BCUT2D eigenvalue weighted by Crippen LogP contribution is 2.25. The largest absolute Gasteiger partial charge is 0.478 e. The van der Waals surface area contributed by atoms with E-state index in [0.29, 0.717) is 6.42 Å². The molecule has 0 amide bonds. The summed E-state index contributed by atoms with van der Waals surface area (Å²) in [5, 5.41) is 17.3. The van der Waals surface area contributed by atoms with Crippen LogP contribution in [0, 0.1) is 0 Å². The maximum absolute atomic E-state index is 13.7. The van der Waals surface area contributed by atoms with Crippen molar-refractivity contribution < 1.29 is 29.0 Å². The molecule has 0 radical (unpaired) electrons. The second kappa shape index (κ2) is 7.78. The third-order valence-corrected chi connectivity index (χ3v) is 3.39. The van der Waals surface area contributed by atoms with Crippen LogP contribution in [0.15, 0.2) is 23.4 Å². The van der Waals surface area contributed by atoms with E-state index in [9.17, 15) is 14.0 Å². The molecule has 0 saturated heterocycles. The number of allylic oxidation sites excluding steroid dienone is 3. The van der Waals surface area contributed by atoms with Gasteiger partial charge in [-0.25, -0.2) is 14.0 Å². The molecule has 0 spiro atoms. The number of alkyl halides is 1. The Morgan fingerprint density at radius 3 is 2.52 bits per heavy atom. The first-order valence-corrected chi connectivity index (χ1v) is 6.76. The Hall–Kier alpha value is -1.89. The Morgan fingerprint density at radius 1 is 1.29 bits per heavy atom. The fourth-order valence-corrected chi connectivity index (χ4v) is 2.18. The quantitative estimate of drug-likeness (QED) is 0.325. The lowest BCUT2D eigenvalue weighted by atomic mass is 9.97. The number of unbranched alkanes of at least 4 members (excludes halogenated alkanes) is 2. The summed E-state index contributed by atoms with van der Waals surface area (Å²) in [6.45, 7) is 0. The van der Waals surface area contributed by atoms with E-state index in [-0.39, 0.29) is 6.42 Å². The van der Waals surface area contributed by atoms with Gasteiger partial charge in [-0.2, -0.15) is 0 Å². The van der Waals surface area contributed by atoms with Crippen molar-refractivity contribution in [1.29, 1.82) is 0 Å². The van der Waals surface area contributed by atoms with Gasteiger partial charge < -0.3 is 10.2 Å². The van der Waals surface area contributed by atoms with Gasteiger partial charge in [0.15, 0.2) is 0 Å². The van der Waals surface area contributed by atoms with Crippen LogP contribution in [0.5, 0.6) is 0 Å². The number of carboxylic acid groups (broad SMARTS) is 2. The third-order valence-electron chi connectivity index (χ3n) is 3.39. The fraction of sp³-hybridized carbons (Fsp3) is 0.571. The van der Waals surface area contributed by atoms with Crippen LogP contribution >= 0.6 is 0 Å². The van der Waals surface area contributed by atoms with E-state index in [1.807, 2.05) is 6.08 Å². The summed E-state index contributed by atoms with van der Waals surface area (Å²) in [5.74, 6) is -3.88. The molecule has 0 aromatic carbocycles. The molecule has 0 fully saturated rings.